The molecule has 0 aromatic heterocycles. The summed E-state index contributed by atoms with van der Waals surface area (Å²) in [5.74, 6) is 2.83. The van der Waals surface area contributed by atoms with Crippen LogP contribution in [-0.2, 0) is 0 Å². The molecule has 0 heterocycles. The minimum Gasteiger partial charge on any atom is -0.0649 e. The van der Waals surface area contributed by atoms with Gasteiger partial charge >= 0.3 is 0 Å². The van der Waals surface area contributed by atoms with E-state index in [0.29, 0.717) is 5.41 Å². The maximum atomic E-state index is 2.48. The van der Waals surface area contributed by atoms with Crippen LogP contribution in [0.25, 0.3) is 0 Å². The van der Waals surface area contributed by atoms with Crippen molar-refractivity contribution < 1.29 is 0 Å². The molecule has 13 heavy (non-hydrogen) atoms. The molecule has 1 fully saturated rings. The number of hydrogen-bond donors (Lipinski definition) is 0. The SMILES string of the molecule is CCC1(C)CCC1C(C)CC(C)C. The smallest absolute Gasteiger partial charge is 0.0297 e. The Bertz CT molecular complexity index is 155. The minimum atomic E-state index is 0.689. The molecule has 1 aliphatic carbocycles. The maximum Gasteiger partial charge on any atom is -0.0297 e. The lowest BCUT2D eigenvalue weighted by Crippen LogP contribution is -2.41. The van der Waals surface area contributed by atoms with Crippen molar-refractivity contribution in [3.8, 4) is 0 Å². The van der Waals surface area contributed by atoms with Crippen molar-refractivity contribution in [3.05, 3.63) is 0 Å². The normalized spacial score (nSPS) is 36.0. The summed E-state index contributed by atoms with van der Waals surface area (Å²) < 4.78 is 0. The van der Waals surface area contributed by atoms with E-state index in [-0.39, 0.29) is 0 Å². The van der Waals surface area contributed by atoms with E-state index in [1.54, 1.807) is 0 Å². The van der Waals surface area contributed by atoms with E-state index in [1.165, 1.54) is 25.7 Å². The molecule has 0 aliphatic heterocycles. The van der Waals surface area contributed by atoms with Crippen LogP contribution in [0.4, 0.5) is 0 Å². The average molecular weight is 182 g/mol. The molecule has 0 heteroatoms. The molecule has 0 nitrogen and oxygen atoms in total. The van der Waals surface area contributed by atoms with Gasteiger partial charge in [0.2, 0.25) is 0 Å². The Morgan fingerprint density at radius 2 is 1.92 bits per heavy atom. The van der Waals surface area contributed by atoms with Gasteiger partial charge in [-0.05, 0) is 42.4 Å². The molecule has 0 aromatic rings. The molecule has 3 atom stereocenters. The third kappa shape index (κ3) is 2.27. The molecule has 0 saturated heterocycles. The zero-order valence-electron chi connectivity index (χ0n) is 10.1. The first-order valence-corrected chi connectivity index (χ1v) is 5.99. The van der Waals surface area contributed by atoms with Gasteiger partial charge in [0.05, 0.1) is 0 Å². The fourth-order valence-corrected chi connectivity index (χ4v) is 3.12. The van der Waals surface area contributed by atoms with Gasteiger partial charge in [0, 0.05) is 0 Å². The fraction of sp³-hybridized carbons (Fsp3) is 1.00. The highest BCUT2D eigenvalue weighted by Gasteiger charge is 2.43. The lowest BCUT2D eigenvalue weighted by Gasteiger charge is -2.50. The Labute approximate surface area is 84.1 Å². The summed E-state index contributed by atoms with van der Waals surface area (Å²) in [7, 11) is 0. The summed E-state index contributed by atoms with van der Waals surface area (Å²) in [4.78, 5) is 0. The molecule has 0 radical (unpaired) electrons. The Morgan fingerprint density at radius 3 is 2.23 bits per heavy atom. The standard InChI is InChI=1S/C13H26/c1-6-13(5)8-7-12(13)11(4)9-10(2)3/h10-12H,6-9H2,1-5H3. The largest absolute Gasteiger partial charge is 0.0649 e. The summed E-state index contributed by atoms with van der Waals surface area (Å²) >= 11 is 0. The summed E-state index contributed by atoms with van der Waals surface area (Å²) in [5, 5.41) is 0. The van der Waals surface area contributed by atoms with Gasteiger partial charge in [-0.1, -0.05) is 41.0 Å². The molecule has 0 N–H and O–H groups in total. The molecule has 0 bridgehead atoms. The first kappa shape index (κ1) is 11.1. The predicted octanol–water partition coefficient (Wildman–Crippen LogP) is 4.49. The monoisotopic (exact) mass is 182 g/mol. The van der Waals surface area contributed by atoms with Gasteiger partial charge in [-0.25, -0.2) is 0 Å². The lowest BCUT2D eigenvalue weighted by molar-refractivity contribution is -0.00185. The van der Waals surface area contributed by atoms with Crippen LogP contribution in [0, 0.1) is 23.2 Å². The second-order valence-corrected chi connectivity index (χ2v) is 5.76. The van der Waals surface area contributed by atoms with Crippen LogP contribution >= 0.6 is 0 Å². The van der Waals surface area contributed by atoms with E-state index in [9.17, 15) is 0 Å². The molecule has 1 aliphatic rings. The summed E-state index contributed by atoms with van der Waals surface area (Å²) in [5.41, 5.74) is 0.689. The van der Waals surface area contributed by atoms with Crippen LogP contribution in [0.3, 0.4) is 0 Å². The summed E-state index contributed by atoms with van der Waals surface area (Å²) in [6.45, 7) is 12.0. The van der Waals surface area contributed by atoms with E-state index < -0.39 is 0 Å². The van der Waals surface area contributed by atoms with Crippen molar-refractivity contribution in [3.63, 3.8) is 0 Å². The van der Waals surface area contributed by atoms with E-state index >= 15 is 0 Å². The number of hydrogen-bond acceptors (Lipinski definition) is 0. The van der Waals surface area contributed by atoms with Gasteiger partial charge in [0.15, 0.2) is 0 Å². The Balaban J connectivity index is 2.44. The second-order valence-electron chi connectivity index (χ2n) is 5.76. The molecule has 3 unspecified atom stereocenters. The lowest BCUT2D eigenvalue weighted by atomic mass is 9.55. The van der Waals surface area contributed by atoms with E-state index in [4.69, 9.17) is 0 Å². The molecule has 1 saturated carbocycles. The van der Waals surface area contributed by atoms with Crippen LogP contribution in [0.1, 0.15) is 60.3 Å². The Morgan fingerprint density at radius 1 is 1.31 bits per heavy atom. The minimum absolute atomic E-state index is 0.689. The van der Waals surface area contributed by atoms with Crippen molar-refractivity contribution in [2.75, 3.05) is 0 Å². The maximum absolute atomic E-state index is 2.48. The van der Waals surface area contributed by atoms with Crippen LogP contribution in [0.15, 0.2) is 0 Å². The summed E-state index contributed by atoms with van der Waals surface area (Å²) in [6, 6.07) is 0. The third-order valence-electron chi connectivity index (χ3n) is 4.26. The molecular formula is C13H26. The number of rotatable bonds is 4. The zero-order chi connectivity index (χ0) is 10.1. The van der Waals surface area contributed by atoms with Crippen LogP contribution in [0.2, 0.25) is 0 Å². The van der Waals surface area contributed by atoms with Crippen molar-refractivity contribution in [2.45, 2.75) is 60.3 Å². The third-order valence-corrected chi connectivity index (χ3v) is 4.26. The molecule has 1 rings (SSSR count). The van der Waals surface area contributed by atoms with Gasteiger partial charge in [0.25, 0.3) is 0 Å². The van der Waals surface area contributed by atoms with E-state index in [1.807, 2.05) is 0 Å². The van der Waals surface area contributed by atoms with Crippen molar-refractivity contribution in [1.82, 2.24) is 0 Å². The highest BCUT2D eigenvalue weighted by Crippen LogP contribution is 2.53. The topological polar surface area (TPSA) is 0 Å². The predicted molar refractivity (Wildman–Crippen MR) is 59.7 cm³/mol. The first-order valence-electron chi connectivity index (χ1n) is 5.99. The van der Waals surface area contributed by atoms with Gasteiger partial charge in [-0.2, -0.15) is 0 Å². The Hall–Kier alpha value is 0. The van der Waals surface area contributed by atoms with Crippen LogP contribution in [0.5, 0.6) is 0 Å². The molecule has 0 amide bonds. The van der Waals surface area contributed by atoms with Crippen molar-refractivity contribution >= 4 is 0 Å². The highest BCUT2D eigenvalue weighted by molar-refractivity contribution is 4.93. The second kappa shape index (κ2) is 4.02. The van der Waals surface area contributed by atoms with Crippen LogP contribution in [-0.4, -0.2) is 0 Å². The fourth-order valence-electron chi connectivity index (χ4n) is 3.12. The quantitative estimate of drug-likeness (QED) is 0.600. The average Bonchev–Trinajstić information content (AvgIpc) is 1.99. The molecule has 78 valence electrons. The highest BCUT2D eigenvalue weighted by atomic mass is 14.5. The van der Waals surface area contributed by atoms with Gasteiger partial charge in [-0.15, -0.1) is 0 Å². The van der Waals surface area contributed by atoms with Crippen molar-refractivity contribution in [1.29, 1.82) is 0 Å². The Kier molecular flexibility index (Phi) is 3.43. The summed E-state index contributed by atoms with van der Waals surface area (Å²) in [6.07, 6.45) is 5.75. The van der Waals surface area contributed by atoms with E-state index in [0.717, 1.165) is 17.8 Å². The molecule has 0 aromatic carbocycles. The van der Waals surface area contributed by atoms with E-state index in [2.05, 4.69) is 34.6 Å². The van der Waals surface area contributed by atoms with Crippen LogP contribution < -0.4 is 0 Å². The van der Waals surface area contributed by atoms with Gasteiger partial charge < -0.3 is 0 Å². The zero-order valence-corrected chi connectivity index (χ0v) is 10.1. The first-order chi connectivity index (χ1) is 5.99. The molecule has 0 spiro atoms. The van der Waals surface area contributed by atoms with Crippen molar-refractivity contribution in [2.24, 2.45) is 23.2 Å². The molecular weight excluding hydrogens is 156 g/mol. The van der Waals surface area contributed by atoms with Gasteiger partial charge in [0.1, 0.15) is 0 Å². The van der Waals surface area contributed by atoms with Gasteiger partial charge in [-0.3, -0.25) is 0 Å².